The Bertz CT molecular complexity index is 954. The van der Waals surface area contributed by atoms with Crippen LogP contribution in [-0.2, 0) is 19.6 Å². The monoisotopic (exact) mass is 390 g/mol. The number of aryl methyl sites for hydroxylation is 2. The Morgan fingerprint density at radius 2 is 1.74 bits per heavy atom. The van der Waals surface area contributed by atoms with E-state index in [0.717, 1.165) is 11.1 Å². The van der Waals surface area contributed by atoms with Crippen molar-refractivity contribution in [3.8, 4) is 0 Å². The summed E-state index contributed by atoms with van der Waals surface area (Å²) in [6.07, 6.45) is 0. The molecule has 0 aromatic heterocycles. The number of esters is 1. The number of rotatable bonds is 7. The normalized spacial score (nSPS) is 11.1. The van der Waals surface area contributed by atoms with Gasteiger partial charge in [0.15, 0.2) is 0 Å². The fraction of sp³-hybridized carbons (Fsp3) is 0.263. The maximum Gasteiger partial charge on any atom is 0.340 e. The Balaban J connectivity index is 2.06. The number of ether oxygens (including phenoxy) is 1. The van der Waals surface area contributed by atoms with Crippen LogP contribution >= 0.6 is 0 Å². The Kier molecular flexibility index (Phi) is 6.70. The number of carbonyl (C=O) groups excluding carboxylic acids is 2. The Hall–Kier alpha value is -2.71. The molecule has 0 aliphatic rings. The van der Waals surface area contributed by atoms with Crippen molar-refractivity contribution in [2.75, 3.05) is 18.5 Å². The van der Waals surface area contributed by atoms with Crippen molar-refractivity contribution in [1.82, 2.24) is 4.72 Å². The molecule has 27 heavy (non-hydrogen) atoms. The summed E-state index contributed by atoms with van der Waals surface area (Å²) < 4.78 is 31.9. The zero-order chi connectivity index (χ0) is 20.0. The van der Waals surface area contributed by atoms with Crippen LogP contribution in [0.1, 0.15) is 28.4 Å². The highest BCUT2D eigenvalue weighted by atomic mass is 32.2. The molecule has 0 fully saturated rings. The molecule has 0 aliphatic carbocycles. The zero-order valence-corrected chi connectivity index (χ0v) is 16.2. The van der Waals surface area contributed by atoms with Gasteiger partial charge in [-0.25, -0.2) is 17.9 Å². The number of para-hydroxylation sites is 1. The second-order valence-corrected chi connectivity index (χ2v) is 7.65. The average Bonchev–Trinajstić information content (AvgIpc) is 2.63. The maximum absolute atomic E-state index is 12.3. The van der Waals surface area contributed by atoms with E-state index in [0.29, 0.717) is 0 Å². The molecule has 0 aliphatic heterocycles. The van der Waals surface area contributed by atoms with Crippen molar-refractivity contribution in [3.05, 3.63) is 59.2 Å². The minimum absolute atomic E-state index is 0.0883. The van der Waals surface area contributed by atoms with Crippen LogP contribution in [0.5, 0.6) is 0 Å². The SMILES string of the molecule is CCOC(=O)c1ccccc1NC(=O)CNS(=O)(=O)c1ccc(C)c(C)c1. The molecule has 0 spiro atoms. The topological polar surface area (TPSA) is 102 Å². The van der Waals surface area contributed by atoms with Crippen molar-refractivity contribution < 1.29 is 22.7 Å². The van der Waals surface area contributed by atoms with Crippen LogP contribution in [0.3, 0.4) is 0 Å². The molecule has 1 amide bonds. The summed E-state index contributed by atoms with van der Waals surface area (Å²) >= 11 is 0. The predicted molar refractivity (Wildman–Crippen MR) is 102 cm³/mol. The first-order valence-corrected chi connectivity index (χ1v) is 9.86. The number of benzene rings is 2. The molecule has 144 valence electrons. The largest absolute Gasteiger partial charge is 0.462 e. The number of hydrogen-bond donors (Lipinski definition) is 2. The molecule has 0 saturated carbocycles. The summed E-state index contributed by atoms with van der Waals surface area (Å²) in [7, 11) is -3.82. The highest BCUT2D eigenvalue weighted by Crippen LogP contribution is 2.17. The molecule has 2 aromatic carbocycles. The van der Waals surface area contributed by atoms with Crippen LogP contribution in [0, 0.1) is 13.8 Å². The van der Waals surface area contributed by atoms with Crippen LogP contribution in [0.4, 0.5) is 5.69 Å². The standard InChI is InChI=1S/C19H22N2O5S/c1-4-26-19(23)16-7-5-6-8-17(16)21-18(22)12-20-27(24,25)15-10-9-13(2)14(3)11-15/h5-11,20H,4,12H2,1-3H3,(H,21,22). The third kappa shape index (κ3) is 5.38. The van der Waals surface area contributed by atoms with Gasteiger partial charge in [-0.15, -0.1) is 0 Å². The highest BCUT2D eigenvalue weighted by Gasteiger charge is 2.18. The lowest BCUT2D eigenvalue weighted by Gasteiger charge is -2.11. The summed E-state index contributed by atoms with van der Waals surface area (Å²) in [4.78, 5) is 24.2. The summed E-state index contributed by atoms with van der Waals surface area (Å²) in [5, 5.41) is 2.53. The fourth-order valence-corrected chi connectivity index (χ4v) is 3.37. The Morgan fingerprint density at radius 3 is 2.41 bits per heavy atom. The quantitative estimate of drug-likeness (QED) is 0.707. The number of nitrogens with one attached hydrogen (secondary N) is 2. The van der Waals surface area contributed by atoms with Crippen LogP contribution in [-0.4, -0.2) is 33.4 Å². The lowest BCUT2D eigenvalue weighted by atomic mass is 10.1. The van der Waals surface area contributed by atoms with E-state index >= 15 is 0 Å². The highest BCUT2D eigenvalue weighted by molar-refractivity contribution is 7.89. The van der Waals surface area contributed by atoms with Gasteiger partial charge in [-0.05, 0) is 56.2 Å². The van der Waals surface area contributed by atoms with Gasteiger partial charge in [0.25, 0.3) is 0 Å². The molecule has 0 atom stereocenters. The third-order valence-electron chi connectivity index (χ3n) is 3.91. The van der Waals surface area contributed by atoms with Crippen LogP contribution in [0.2, 0.25) is 0 Å². The minimum Gasteiger partial charge on any atom is -0.462 e. The average molecular weight is 390 g/mol. The molecule has 8 heteroatoms. The van der Waals surface area contributed by atoms with Crippen LogP contribution in [0.15, 0.2) is 47.4 Å². The minimum atomic E-state index is -3.82. The Morgan fingerprint density at radius 1 is 1.04 bits per heavy atom. The molecule has 0 heterocycles. The molecule has 7 nitrogen and oxygen atoms in total. The summed E-state index contributed by atoms with van der Waals surface area (Å²) in [5.74, 6) is -1.16. The fourth-order valence-electron chi connectivity index (χ4n) is 2.30. The maximum atomic E-state index is 12.3. The van der Waals surface area contributed by atoms with Crippen LogP contribution < -0.4 is 10.0 Å². The molecule has 0 bridgehead atoms. The van der Waals surface area contributed by atoms with Gasteiger partial charge in [0, 0.05) is 0 Å². The number of hydrogen-bond acceptors (Lipinski definition) is 5. The first-order chi connectivity index (χ1) is 12.7. The Labute approximate surface area is 158 Å². The predicted octanol–water partition coefficient (Wildman–Crippen LogP) is 2.40. The van der Waals surface area contributed by atoms with Crippen molar-refractivity contribution in [3.63, 3.8) is 0 Å². The summed E-state index contributed by atoms with van der Waals surface area (Å²) in [5.41, 5.74) is 2.27. The third-order valence-corrected chi connectivity index (χ3v) is 5.31. The van der Waals surface area contributed by atoms with Gasteiger partial charge in [-0.1, -0.05) is 18.2 Å². The number of sulfonamides is 1. The summed E-state index contributed by atoms with van der Waals surface area (Å²) in [6.45, 7) is 5.12. The van der Waals surface area contributed by atoms with Gasteiger partial charge in [0.1, 0.15) is 0 Å². The number of anilines is 1. The van der Waals surface area contributed by atoms with E-state index in [2.05, 4.69) is 10.0 Å². The number of amides is 1. The molecule has 0 radical (unpaired) electrons. The van der Waals surface area contributed by atoms with Gasteiger partial charge < -0.3 is 10.1 Å². The van der Waals surface area contributed by atoms with Crippen molar-refractivity contribution in [1.29, 1.82) is 0 Å². The first-order valence-electron chi connectivity index (χ1n) is 8.37. The molecule has 0 saturated heterocycles. The van der Waals surface area contributed by atoms with Gasteiger partial charge in [0.05, 0.1) is 29.3 Å². The molecular formula is C19H22N2O5S. The summed E-state index contributed by atoms with van der Waals surface area (Å²) in [6, 6.07) is 11.1. The molecule has 2 aromatic rings. The van der Waals surface area contributed by atoms with E-state index in [1.807, 2.05) is 13.8 Å². The molecule has 2 rings (SSSR count). The van der Waals surface area contributed by atoms with Gasteiger partial charge in [-0.3, -0.25) is 4.79 Å². The van der Waals surface area contributed by atoms with Gasteiger partial charge in [0.2, 0.25) is 15.9 Å². The van der Waals surface area contributed by atoms with E-state index in [9.17, 15) is 18.0 Å². The van der Waals surface area contributed by atoms with Crippen molar-refractivity contribution in [2.45, 2.75) is 25.7 Å². The van der Waals surface area contributed by atoms with Crippen LogP contribution in [0.25, 0.3) is 0 Å². The van der Waals surface area contributed by atoms with E-state index in [1.54, 1.807) is 37.3 Å². The first kappa shape index (κ1) is 20.6. The molecule has 0 unspecified atom stereocenters. The van der Waals surface area contributed by atoms with Gasteiger partial charge >= 0.3 is 5.97 Å². The smallest absolute Gasteiger partial charge is 0.340 e. The van der Waals surface area contributed by atoms with E-state index in [4.69, 9.17) is 4.74 Å². The second kappa shape index (κ2) is 8.79. The molecular weight excluding hydrogens is 368 g/mol. The molecule has 2 N–H and O–H groups in total. The van der Waals surface area contributed by atoms with Crippen molar-refractivity contribution in [2.24, 2.45) is 0 Å². The number of carbonyl (C=O) groups is 2. The van der Waals surface area contributed by atoms with E-state index in [1.165, 1.54) is 12.1 Å². The zero-order valence-electron chi connectivity index (χ0n) is 15.4. The van der Waals surface area contributed by atoms with E-state index < -0.39 is 28.4 Å². The van der Waals surface area contributed by atoms with Gasteiger partial charge in [-0.2, -0.15) is 0 Å². The second-order valence-electron chi connectivity index (χ2n) is 5.88. The lowest BCUT2D eigenvalue weighted by Crippen LogP contribution is -2.33. The lowest BCUT2D eigenvalue weighted by molar-refractivity contribution is -0.115. The van der Waals surface area contributed by atoms with Crippen molar-refractivity contribution >= 4 is 27.6 Å². The van der Waals surface area contributed by atoms with E-state index in [-0.39, 0.29) is 22.8 Å².